The first-order valence-electron chi connectivity index (χ1n) is 7.96. The van der Waals surface area contributed by atoms with Crippen LogP contribution in [0.4, 0.5) is 5.69 Å². The lowest BCUT2D eigenvalue weighted by Gasteiger charge is -2.08. The van der Waals surface area contributed by atoms with Crippen molar-refractivity contribution in [3.05, 3.63) is 65.7 Å². The van der Waals surface area contributed by atoms with Crippen molar-refractivity contribution in [3.8, 4) is 0 Å². The lowest BCUT2D eigenvalue weighted by Crippen LogP contribution is -2.32. The Morgan fingerprint density at radius 2 is 1.56 bits per heavy atom. The van der Waals surface area contributed by atoms with E-state index in [9.17, 15) is 19.2 Å². The Kier molecular flexibility index (Phi) is 7.07. The zero-order valence-corrected chi connectivity index (χ0v) is 14.6. The van der Waals surface area contributed by atoms with E-state index in [2.05, 4.69) is 15.4 Å². The number of hydrogen-bond acceptors (Lipinski definition) is 6. The minimum atomic E-state index is -0.740. The molecule has 0 heterocycles. The number of carbonyl (C=O) groups excluding carboxylic acids is 4. The zero-order chi connectivity index (χ0) is 19.6. The van der Waals surface area contributed by atoms with Gasteiger partial charge in [0.2, 0.25) is 0 Å². The molecule has 8 nitrogen and oxygen atoms in total. The Balaban J connectivity index is 1.72. The fourth-order valence-electron chi connectivity index (χ4n) is 2.05. The molecule has 0 saturated heterocycles. The first-order chi connectivity index (χ1) is 13.0. The first kappa shape index (κ1) is 19.6. The van der Waals surface area contributed by atoms with E-state index in [-0.39, 0.29) is 6.54 Å². The van der Waals surface area contributed by atoms with Crippen molar-refractivity contribution in [1.82, 2.24) is 5.32 Å². The maximum absolute atomic E-state index is 11.8. The highest BCUT2D eigenvalue weighted by Crippen LogP contribution is 2.10. The molecule has 0 atom stereocenters. The monoisotopic (exact) mass is 370 g/mol. The van der Waals surface area contributed by atoms with Gasteiger partial charge in [-0.15, -0.1) is 0 Å². The maximum Gasteiger partial charge on any atom is 0.337 e. The smallest absolute Gasteiger partial charge is 0.337 e. The van der Waals surface area contributed by atoms with Gasteiger partial charge in [-0.2, -0.15) is 0 Å². The van der Waals surface area contributed by atoms with Crippen molar-refractivity contribution in [3.63, 3.8) is 0 Å². The summed E-state index contributed by atoms with van der Waals surface area (Å²) in [6.07, 6.45) is 0. The van der Waals surface area contributed by atoms with Gasteiger partial charge in [-0.25, -0.2) is 4.79 Å². The normalized spacial score (nSPS) is 9.81. The summed E-state index contributed by atoms with van der Waals surface area (Å²) in [7, 11) is 1.27. The van der Waals surface area contributed by atoms with E-state index in [1.54, 1.807) is 30.3 Å². The fraction of sp³-hybridized carbons (Fsp3) is 0.158. The number of methoxy groups -OCH3 is 1. The summed E-state index contributed by atoms with van der Waals surface area (Å²) in [6.45, 7) is -0.854. The predicted molar refractivity (Wildman–Crippen MR) is 96.1 cm³/mol. The molecule has 2 aromatic rings. The van der Waals surface area contributed by atoms with Crippen molar-refractivity contribution < 1.29 is 28.7 Å². The molecule has 27 heavy (non-hydrogen) atoms. The summed E-state index contributed by atoms with van der Waals surface area (Å²) in [5, 5.41) is 4.92. The average molecular weight is 370 g/mol. The molecule has 0 saturated carbocycles. The number of benzene rings is 2. The molecular weight excluding hydrogens is 352 g/mol. The molecule has 0 aliphatic heterocycles. The van der Waals surface area contributed by atoms with Gasteiger partial charge in [-0.1, -0.05) is 18.2 Å². The van der Waals surface area contributed by atoms with Gasteiger partial charge < -0.3 is 20.1 Å². The van der Waals surface area contributed by atoms with Gasteiger partial charge in [0.15, 0.2) is 6.61 Å². The van der Waals surface area contributed by atoms with Gasteiger partial charge in [0, 0.05) is 11.3 Å². The molecule has 0 aromatic heterocycles. The van der Waals surface area contributed by atoms with Gasteiger partial charge >= 0.3 is 11.9 Å². The summed E-state index contributed by atoms with van der Waals surface area (Å²) >= 11 is 0. The average Bonchev–Trinajstić information content (AvgIpc) is 2.71. The molecule has 140 valence electrons. The summed E-state index contributed by atoms with van der Waals surface area (Å²) in [4.78, 5) is 46.5. The quantitative estimate of drug-likeness (QED) is 0.713. The van der Waals surface area contributed by atoms with Crippen LogP contribution in [0.1, 0.15) is 20.7 Å². The van der Waals surface area contributed by atoms with Crippen LogP contribution in [0, 0.1) is 0 Å². The molecular formula is C19H18N2O6. The highest BCUT2D eigenvalue weighted by molar-refractivity contribution is 5.97. The third-order valence-corrected chi connectivity index (χ3v) is 3.38. The van der Waals surface area contributed by atoms with Gasteiger partial charge in [-0.3, -0.25) is 14.4 Å². The Hall–Kier alpha value is -3.68. The van der Waals surface area contributed by atoms with Crippen LogP contribution in [-0.2, 0) is 19.1 Å². The molecule has 0 aliphatic carbocycles. The SMILES string of the molecule is COC(=O)c1ccc(NC(=O)COC(=O)CNC(=O)c2ccccc2)cc1. The first-order valence-corrected chi connectivity index (χ1v) is 7.96. The number of carbonyl (C=O) groups is 4. The predicted octanol–water partition coefficient (Wildman–Crippen LogP) is 1.38. The second-order valence-electron chi connectivity index (χ2n) is 5.33. The second kappa shape index (κ2) is 9.71. The van der Waals surface area contributed by atoms with Crippen LogP contribution in [0.2, 0.25) is 0 Å². The van der Waals surface area contributed by atoms with Crippen molar-refractivity contribution in [2.24, 2.45) is 0 Å². The molecule has 8 heteroatoms. The van der Waals surface area contributed by atoms with Crippen LogP contribution in [0.3, 0.4) is 0 Å². The number of esters is 2. The van der Waals surface area contributed by atoms with E-state index in [1.165, 1.54) is 31.4 Å². The summed E-state index contributed by atoms with van der Waals surface area (Å²) < 4.78 is 9.38. The molecule has 2 rings (SSSR count). The van der Waals surface area contributed by atoms with E-state index in [0.717, 1.165) is 0 Å². The largest absolute Gasteiger partial charge is 0.465 e. The Labute approximate surface area is 155 Å². The number of nitrogens with one attached hydrogen (secondary N) is 2. The minimum absolute atomic E-state index is 0.344. The molecule has 0 unspecified atom stereocenters. The molecule has 2 amide bonds. The van der Waals surface area contributed by atoms with Crippen LogP contribution in [0.5, 0.6) is 0 Å². The number of amides is 2. The molecule has 0 aliphatic rings. The standard InChI is InChI=1S/C19H18N2O6/c1-26-19(25)14-7-9-15(10-8-14)21-16(22)12-27-17(23)11-20-18(24)13-5-3-2-4-6-13/h2-10H,11-12H2,1H3,(H,20,24)(H,21,22). The third kappa shape index (κ3) is 6.28. The summed E-state index contributed by atoms with van der Waals surface area (Å²) in [5.74, 6) is -2.19. The molecule has 0 spiro atoms. The van der Waals surface area contributed by atoms with Crippen molar-refractivity contribution in [2.75, 3.05) is 25.6 Å². The molecule has 0 radical (unpaired) electrons. The van der Waals surface area contributed by atoms with Gasteiger partial charge in [0.1, 0.15) is 6.54 Å². The van der Waals surface area contributed by atoms with E-state index < -0.39 is 30.4 Å². The van der Waals surface area contributed by atoms with Crippen LogP contribution in [0.15, 0.2) is 54.6 Å². The van der Waals surface area contributed by atoms with E-state index in [4.69, 9.17) is 4.74 Å². The topological polar surface area (TPSA) is 111 Å². The lowest BCUT2D eigenvalue weighted by atomic mass is 10.2. The number of ether oxygens (including phenoxy) is 2. The van der Waals surface area contributed by atoms with Gasteiger partial charge in [-0.05, 0) is 36.4 Å². The van der Waals surface area contributed by atoms with Crippen LogP contribution in [0.25, 0.3) is 0 Å². The lowest BCUT2D eigenvalue weighted by molar-refractivity contribution is -0.146. The van der Waals surface area contributed by atoms with Gasteiger partial charge in [0.05, 0.1) is 12.7 Å². The van der Waals surface area contributed by atoms with Gasteiger partial charge in [0.25, 0.3) is 11.8 Å². The second-order valence-corrected chi connectivity index (χ2v) is 5.33. The van der Waals surface area contributed by atoms with Crippen molar-refractivity contribution >= 4 is 29.4 Å². The molecule has 2 N–H and O–H groups in total. The fourth-order valence-corrected chi connectivity index (χ4v) is 2.05. The zero-order valence-electron chi connectivity index (χ0n) is 14.6. The van der Waals surface area contributed by atoms with Crippen LogP contribution >= 0.6 is 0 Å². The van der Waals surface area contributed by atoms with Crippen LogP contribution < -0.4 is 10.6 Å². The molecule has 0 fully saturated rings. The Bertz CT molecular complexity index is 818. The van der Waals surface area contributed by atoms with Crippen LogP contribution in [-0.4, -0.2) is 44.0 Å². The Morgan fingerprint density at radius 3 is 2.19 bits per heavy atom. The van der Waals surface area contributed by atoms with Crippen molar-refractivity contribution in [2.45, 2.75) is 0 Å². The van der Waals surface area contributed by atoms with E-state index in [0.29, 0.717) is 16.8 Å². The van der Waals surface area contributed by atoms with E-state index in [1.807, 2.05) is 0 Å². The number of rotatable bonds is 7. The highest BCUT2D eigenvalue weighted by atomic mass is 16.5. The molecule has 0 bridgehead atoms. The number of anilines is 1. The third-order valence-electron chi connectivity index (χ3n) is 3.38. The van der Waals surface area contributed by atoms with Crippen molar-refractivity contribution in [1.29, 1.82) is 0 Å². The maximum atomic E-state index is 11.8. The van der Waals surface area contributed by atoms with E-state index >= 15 is 0 Å². The summed E-state index contributed by atoms with van der Waals surface area (Å²) in [6, 6.07) is 14.4. The highest BCUT2D eigenvalue weighted by Gasteiger charge is 2.11. The molecule has 2 aromatic carbocycles. The Morgan fingerprint density at radius 1 is 0.889 bits per heavy atom. The summed E-state index contributed by atoms with van der Waals surface area (Å²) in [5.41, 5.74) is 1.19. The number of hydrogen-bond donors (Lipinski definition) is 2. The minimum Gasteiger partial charge on any atom is -0.465 e.